The molecular weight excluding hydrogens is 417 g/mol. The maximum Gasteiger partial charge on any atom is 0.188 e. The van der Waals surface area contributed by atoms with Crippen molar-refractivity contribution in [3.05, 3.63) is 35.4 Å². The number of benzene rings is 1. The average Bonchev–Trinajstić information content (AvgIpc) is 2.53. The normalized spacial score (nSPS) is 16.0. The van der Waals surface area contributed by atoms with Gasteiger partial charge in [-0.15, -0.1) is 24.0 Å². The van der Waals surface area contributed by atoms with Crippen molar-refractivity contribution in [1.29, 1.82) is 0 Å². The molecule has 0 aliphatic carbocycles. The van der Waals surface area contributed by atoms with Gasteiger partial charge in [-0.2, -0.15) is 0 Å². The van der Waals surface area contributed by atoms with E-state index in [-0.39, 0.29) is 42.0 Å². The number of nitrogens with two attached hydrogens (primary N) is 1. The molecule has 0 amide bonds. The quantitative estimate of drug-likeness (QED) is 0.306. The number of hydrogen-bond acceptors (Lipinski definition) is 3. The van der Waals surface area contributed by atoms with Gasteiger partial charge in [0.2, 0.25) is 0 Å². The summed E-state index contributed by atoms with van der Waals surface area (Å²) in [6.07, 6.45) is 0.935. The van der Waals surface area contributed by atoms with E-state index in [2.05, 4.69) is 15.2 Å². The number of guanidine groups is 1. The summed E-state index contributed by atoms with van der Waals surface area (Å²) in [6.45, 7) is 5.18. The zero-order chi connectivity index (χ0) is 15.8. The summed E-state index contributed by atoms with van der Waals surface area (Å²) in [5.74, 6) is -0.723. The molecule has 1 saturated heterocycles. The Balaban J connectivity index is 0.00000264. The first kappa shape index (κ1) is 20.0. The van der Waals surface area contributed by atoms with Crippen molar-refractivity contribution in [1.82, 2.24) is 10.2 Å². The molecule has 0 saturated carbocycles. The standard InChI is InChI=1S/C15H22F2N4O.HI/c16-13-2-3-14(17)12(10-13)11-20-15(18)19-4-1-5-21-6-8-22-9-7-21;/h2-3,10H,1,4-9,11H2,(H3,18,19,20);1H. The fourth-order valence-corrected chi connectivity index (χ4v) is 2.23. The van der Waals surface area contributed by atoms with Crippen molar-refractivity contribution < 1.29 is 13.5 Å². The van der Waals surface area contributed by atoms with Crippen LogP contribution in [0.5, 0.6) is 0 Å². The van der Waals surface area contributed by atoms with Gasteiger partial charge >= 0.3 is 0 Å². The van der Waals surface area contributed by atoms with Crippen molar-refractivity contribution in [2.45, 2.75) is 13.0 Å². The molecule has 5 nitrogen and oxygen atoms in total. The lowest BCUT2D eigenvalue weighted by Crippen LogP contribution is -2.39. The van der Waals surface area contributed by atoms with Gasteiger partial charge in [0.15, 0.2) is 5.96 Å². The highest BCUT2D eigenvalue weighted by molar-refractivity contribution is 14.0. The number of morpholine rings is 1. The minimum absolute atomic E-state index is 0. The van der Waals surface area contributed by atoms with Crippen molar-refractivity contribution >= 4 is 29.9 Å². The first-order valence-corrected chi connectivity index (χ1v) is 7.43. The maximum atomic E-state index is 13.4. The van der Waals surface area contributed by atoms with Crippen LogP contribution in [0.4, 0.5) is 8.78 Å². The van der Waals surface area contributed by atoms with Crippen LogP contribution in [0.2, 0.25) is 0 Å². The van der Waals surface area contributed by atoms with Gasteiger partial charge in [-0.3, -0.25) is 4.90 Å². The number of hydrogen-bond donors (Lipinski definition) is 2. The molecule has 0 unspecified atom stereocenters. The van der Waals surface area contributed by atoms with E-state index in [1.807, 2.05) is 0 Å². The van der Waals surface area contributed by atoms with Crippen molar-refractivity contribution in [3.8, 4) is 0 Å². The summed E-state index contributed by atoms with van der Waals surface area (Å²) in [5, 5.41) is 2.98. The monoisotopic (exact) mass is 440 g/mol. The highest BCUT2D eigenvalue weighted by Gasteiger charge is 2.09. The molecule has 3 N–H and O–H groups in total. The summed E-state index contributed by atoms with van der Waals surface area (Å²) in [4.78, 5) is 6.36. The van der Waals surface area contributed by atoms with Crippen LogP contribution in [-0.2, 0) is 11.3 Å². The third kappa shape index (κ3) is 7.40. The second-order valence-electron chi connectivity index (χ2n) is 5.17. The zero-order valence-electron chi connectivity index (χ0n) is 12.9. The third-order valence-electron chi connectivity index (χ3n) is 3.49. The molecule has 2 rings (SSSR count). The molecular formula is C15H23F2IN4O. The van der Waals surface area contributed by atoms with E-state index in [9.17, 15) is 8.78 Å². The molecule has 0 bridgehead atoms. The van der Waals surface area contributed by atoms with E-state index in [0.29, 0.717) is 6.54 Å². The van der Waals surface area contributed by atoms with E-state index in [1.165, 1.54) is 0 Å². The summed E-state index contributed by atoms with van der Waals surface area (Å²) < 4.78 is 31.7. The summed E-state index contributed by atoms with van der Waals surface area (Å²) in [6, 6.07) is 3.30. The van der Waals surface area contributed by atoms with Crippen LogP contribution in [0, 0.1) is 11.6 Å². The molecule has 0 spiro atoms. The van der Waals surface area contributed by atoms with E-state index < -0.39 is 11.6 Å². The summed E-state index contributed by atoms with van der Waals surface area (Å²) in [5.41, 5.74) is 5.91. The van der Waals surface area contributed by atoms with E-state index in [4.69, 9.17) is 10.5 Å². The Bertz CT molecular complexity index is 510. The smallest absolute Gasteiger partial charge is 0.188 e. The van der Waals surface area contributed by atoms with Gasteiger partial charge < -0.3 is 15.8 Å². The van der Waals surface area contributed by atoms with Gasteiger partial charge in [0.25, 0.3) is 0 Å². The molecule has 8 heteroatoms. The third-order valence-corrected chi connectivity index (χ3v) is 3.49. The second-order valence-corrected chi connectivity index (χ2v) is 5.17. The first-order valence-electron chi connectivity index (χ1n) is 7.43. The highest BCUT2D eigenvalue weighted by Crippen LogP contribution is 2.10. The van der Waals surface area contributed by atoms with E-state index in [0.717, 1.165) is 57.5 Å². The van der Waals surface area contributed by atoms with Gasteiger partial charge in [0.1, 0.15) is 11.6 Å². The topological polar surface area (TPSA) is 62.9 Å². The fourth-order valence-electron chi connectivity index (χ4n) is 2.23. The van der Waals surface area contributed by atoms with Crippen LogP contribution in [-0.4, -0.2) is 50.3 Å². The van der Waals surface area contributed by atoms with Gasteiger partial charge in [-0.25, -0.2) is 13.8 Å². The van der Waals surface area contributed by atoms with E-state index in [1.54, 1.807) is 0 Å². The molecule has 23 heavy (non-hydrogen) atoms. The average molecular weight is 440 g/mol. The molecule has 1 aliphatic rings. The number of nitrogens with one attached hydrogen (secondary N) is 1. The minimum Gasteiger partial charge on any atom is -0.379 e. The number of halogens is 3. The van der Waals surface area contributed by atoms with Crippen molar-refractivity contribution in [3.63, 3.8) is 0 Å². The Morgan fingerprint density at radius 3 is 2.78 bits per heavy atom. The molecule has 0 radical (unpaired) electrons. The van der Waals surface area contributed by atoms with Crippen LogP contribution in [0.3, 0.4) is 0 Å². The lowest BCUT2D eigenvalue weighted by molar-refractivity contribution is 0.0376. The fraction of sp³-hybridized carbons (Fsp3) is 0.533. The van der Waals surface area contributed by atoms with E-state index >= 15 is 0 Å². The zero-order valence-corrected chi connectivity index (χ0v) is 15.3. The van der Waals surface area contributed by atoms with Gasteiger partial charge in [-0.05, 0) is 31.2 Å². The molecule has 130 valence electrons. The van der Waals surface area contributed by atoms with Crippen LogP contribution in [0.15, 0.2) is 23.2 Å². The number of aliphatic imine (C=N–C) groups is 1. The molecule has 1 aromatic rings. The number of nitrogens with zero attached hydrogens (tertiary/aromatic N) is 2. The molecule has 0 atom stereocenters. The van der Waals surface area contributed by atoms with Crippen LogP contribution >= 0.6 is 24.0 Å². The molecule has 1 aromatic carbocycles. The Kier molecular flexibility index (Phi) is 9.34. The Hall–Kier alpha value is -1.00. The summed E-state index contributed by atoms with van der Waals surface area (Å²) in [7, 11) is 0. The number of rotatable bonds is 6. The SMILES string of the molecule is I.NC(=NCc1cc(F)ccc1F)NCCCN1CCOCC1. The lowest BCUT2D eigenvalue weighted by atomic mass is 10.2. The highest BCUT2D eigenvalue weighted by atomic mass is 127. The predicted molar refractivity (Wildman–Crippen MR) is 97.0 cm³/mol. The van der Waals surface area contributed by atoms with Crippen LogP contribution in [0.1, 0.15) is 12.0 Å². The molecule has 1 fully saturated rings. The Morgan fingerprint density at radius 2 is 2.04 bits per heavy atom. The van der Waals surface area contributed by atoms with Crippen molar-refractivity contribution in [2.24, 2.45) is 10.7 Å². The second kappa shape index (κ2) is 10.7. The van der Waals surface area contributed by atoms with Crippen molar-refractivity contribution in [2.75, 3.05) is 39.4 Å². The lowest BCUT2D eigenvalue weighted by Gasteiger charge is -2.26. The Morgan fingerprint density at radius 1 is 1.30 bits per heavy atom. The summed E-state index contributed by atoms with van der Waals surface area (Å²) >= 11 is 0. The van der Waals surface area contributed by atoms with Crippen LogP contribution in [0.25, 0.3) is 0 Å². The minimum atomic E-state index is -0.483. The molecule has 0 aromatic heterocycles. The van der Waals surface area contributed by atoms with Gasteiger partial charge in [0.05, 0.1) is 19.8 Å². The first-order chi connectivity index (χ1) is 10.6. The van der Waals surface area contributed by atoms with Gasteiger partial charge in [0, 0.05) is 25.2 Å². The van der Waals surface area contributed by atoms with Gasteiger partial charge in [-0.1, -0.05) is 0 Å². The maximum absolute atomic E-state index is 13.4. The van der Waals surface area contributed by atoms with Crippen LogP contribution < -0.4 is 11.1 Å². The molecule has 1 heterocycles. The molecule has 1 aliphatic heterocycles. The Labute approximate surface area is 152 Å². The largest absolute Gasteiger partial charge is 0.379 e. The number of ether oxygens (including phenoxy) is 1. The predicted octanol–water partition coefficient (Wildman–Crippen LogP) is 1.71.